The van der Waals surface area contributed by atoms with Gasteiger partial charge >= 0.3 is 5.97 Å². The number of aryl methyl sites for hydroxylation is 1. The lowest BCUT2D eigenvalue weighted by Gasteiger charge is -2.31. The maximum absolute atomic E-state index is 12.4. The molecule has 2 heterocycles. The Kier molecular flexibility index (Phi) is 6.95. The maximum atomic E-state index is 12.4. The summed E-state index contributed by atoms with van der Waals surface area (Å²) in [6, 6.07) is 1.79. The number of ether oxygens (including phenoxy) is 1. The van der Waals surface area contributed by atoms with E-state index in [1.807, 2.05) is 6.92 Å². The van der Waals surface area contributed by atoms with Gasteiger partial charge in [-0.3, -0.25) is 9.59 Å². The molecule has 2 N–H and O–H groups in total. The van der Waals surface area contributed by atoms with Gasteiger partial charge in [0.2, 0.25) is 5.91 Å². The number of amides is 2. The van der Waals surface area contributed by atoms with Crippen molar-refractivity contribution >= 4 is 34.1 Å². The number of carbonyl (C=O) groups is 3. The summed E-state index contributed by atoms with van der Waals surface area (Å²) in [6.07, 6.45) is 0.797. The molecule has 1 fully saturated rings. The van der Waals surface area contributed by atoms with Crippen molar-refractivity contribution in [3.05, 3.63) is 16.5 Å². The highest BCUT2D eigenvalue weighted by Crippen LogP contribution is 2.29. The summed E-state index contributed by atoms with van der Waals surface area (Å²) >= 11 is 1.41. The van der Waals surface area contributed by atoms with Gasteiger partial charge < -0.3 is 19.9 Å². The second-order valence-corrected chi connectivity index (χ2v) is 7.15. The second-order valence-electron chi connectivity index (χ2n) is 6.01. The maximum Gasteiger partial charge on any atom is 0.341 e. The van der Waals surface area contributed by atoms with Gasteiger partial charge in [-0.25, -0.2) is 4.79 Å². The monoisotopic (exact) mass is 368 g/mol. The summed E-state index contributed by atoms with van der Waals surface area (Å²) in [5.74, 6) is -0.453. The zero-order chi connectivity index (χ0) is 18.4. The first kappa shape index (κ1) is 19.4. The molecule has 1 aromatic heterocycles. The van der Waals surface area contributed by atoms with Crippen LogP contribution in [0.5, 0.6) is 0 Å². The summed E-state index contributed by atoms with van der Waals surface area (Å²) in [7, 11) is 0. The average molecular weight is 368 g/mol. The Bertz CT molecular complexity index is 636. The number of quaternary nitrogens is 1. The Hall–Kier alpha value is -1.93. The standard InChI is InChI=1S/C17H25N3O4S/c1-4-13-10-14(17(23)24-5-2)16(25-13)18-15(22)11-19-6-8-20(9-7-19)12(3)21/h10H,4-9,11H2,1-3H3,(H,18,22)/p+1. The van der Waals surface area contributed by atoms with E-state index in [0.717, 1.165) is 29.3 Å². The Morgan fingerprint density at radius 3 is 2.52 bits per heavy atom. The van der Waals surface area contributed by atoms with Crippen LogP contribution in [0.3, 0.4) is 0 Å². The third-order valence-corrected chi connectivity index (χ3v) is 5.40. The molecule has 7 nitrogen and oxygen atoms in total. The molecule has 1 aliphatic rings. The fourth-order valence-electron chi connectivity index (χ4n) is 2.78. The molecule has 0 radical (unpaired) electrons. The molecule has 25 heavy (non-hydrogen) atoms. The second kappa shape index (κ2) is 8.96. The van der Waals surface area contributed by atoms with Crippen molar-refractivity contribution in [3.8, 4) is 0 Å². The Balaban J connectivity index is 1.95. The number of carbonyl (C=O) groups excluding carboxylic acids is 3. The van der Waals surface area contributed by atoms with Gasteiger partial charge in [0, 0.05) is 11.8 Å². The van der Waals surface area contributed by atoms with Crippen LogP contribution in [-0.4, -0.2) is 62.0 Å². The molecule has 0 aromatic carbocycles. The van der Waals surface area contributed by atoms with Crippen molar-refractivity contribution in [1.29, 1.82) is 0 Å². The summed E-state index contributed by atoms with van der Waals surface area (Å²) in [5, 5.41) is 3.42. The Labute approximate surface area is 151 Å². The van der Waals surface area contributed by atoms with Gasteiger partial charge in [0.25, 0.3) is 5.91 Å². The molecule has 1 aliphatic heterocycles. The smallest absolute Gasteiger partial charge is 0.341 e. The van der Waals surface area contributed by atoms with Crippen LogP contribution in [0.4, 0.5) is 5.00 Å². The molecule has 1 saturated heterocycles. The minimum Gasteiger partial charge on any atom is -0.462 e. The van der Waals surface area contributed by atoms with E-state index in [0.29, 0.717) is 36.8 Å². The quantitative estimate of drug-likeness (QED) is 0.702. The predicted octanol–water partition coefficient (Wildman–Crippen LogP) is 0.173. The van der Waals surface area contributed by atoms with Gasteiger partial charge in [-0.15, -0.1) is 11.3 Å². The molecule has 0 unspecified atom stereocenters. The van der Waals surface area contributed by atoms with Crippen LogP contribution in [0.2, 0.25) is 0 Å². The molecule has 1 aromatic rings. The van der Waals surface area contributed by atoms with E-state index in [1.54, 1.807) is 24.8 Å². The highest BCUT2D eigenvalue weighted by Gasteiger charge is 2.25. The number of hydrogen-bond donors (Lipinski definition) is 2. The van der Waals surface area contributed by atoms with Gasteiger partial charge in [0.15, 0.2) is 6.54 Å². The topological polar surface area (TPSA) is 80.2 Å². The van der Waals surface area contributed by atoms with Crippen molar-refractivity contribution in [1.82, 2.24) is 4.90 Å². The highest BCUT2D eigenvalue weighted by atomic mass is 32.1. The van der Waals surface area contributed by atoms with Gasteiger partial charge in [0.05, 0.1) is 38.3 Å². The van der Waals surface area contributed by atoms with Gasteiger partial charge in [-0.05, 0) is 19.4 Å². The molecule has 0 saturated carbocycles. The molecule has 8 heteroatoms. The minimum atomic E-state index is -0.406. The largest absolute Gasteiger partial charge is 0.462 e. The van der Waals surface area contributed by atoms with Crippen LogP contribution in [0.15, 0.2) is 6.07 Å². The molecule has 2 amide bonds. The van der Waals surface area contributed by atoms with Crippen molar-refractivity contribution in [2.75, 3.05) is 44.6 Å². The molecule has 0 aliphatic carbocycles. The molecule has 0 bridgehead atoms. The average Bonchev–Trinajstić information content (AvgIpc) is 2.98. The fraction of sp³-hybridized carbons (Fsp3) is 0.588. The molecular weight excluding hydrogens is 342 g/mol. The summed E-state index contributed by atoms with van der Waals surface area (Å²) < 4.78 is 5.07. The Morgan fingerprint density at radius 2 is 1.96 bits per heavy atom. The first-order chi connectivity index (χ1) is 11.9. The van der Waals surface area contributed by atoms with Crippen LogP contribution in [0.25, 0.3) is 0 Å². The van der Waals surface area contributed by atoms with E-state index in [1.165, 1.54) is 11.3 Å². The van der Waals surface area contributed by atoms with Crippen LogP contribution in [0.1, 0.15) is 36.0 Å². The normalized spacial score (nSPS) is 15.1. The van der Waals surface area contributed by atoms with Crippen LogP contribution < -0.4 is 10.2 Å². The number of esters is 1. The third kappa shape index (κ3) is 5.27. The number of thiophene rings is 1. The molecule has 0 spiro atoms. The first-order valence-electron chi connectivity index (χ1n) is 8.63. The van der Waals surface area contributed by atoms with E-state index >= 15 is 0 Å². The van der Waals surface area contributed by atoms with E-state index in [4.69, 9.17) is 4.74 Å². The third-order valence-electron chi connectivity index (χ3n) is 4.21. The van der Waals surface area contributed by atoms with Crippen molar-refractivity contribution in [3.63, 3.8) is 0 Å². The predicted molar refractivity (Wildman–Crippen MR) is 96.1 cm³/mol. The van der Waals surface area contributed by atoms with E-state index in [2.05, 4.69) is 5.32 Å². The van der Waals surface area contributed by atoms with E-state index in [-0.39, 0.29) is 11.8 Å². The number of piperazine rings is 1. The zero-order valence-corrected chi connectivity index (χ0v) is 15.8. The first-order valence-corrected chi connectivity index (χ1v) is 9.45. The van der Waals surface area contributed by atoms with Crippen LogP contribution in [0, 0.1) is 0 Å². The number of nitrogens with zero attached hydrogens (tertiary/aromatic N) is 1. The van der Waals surface area contributed by atoms with Gasteiger partial charge in [-0.2, -0.15) is 0 Å². The zero-order valence-electron chi connectivity index (χ0n) is 15.0. The summed E-state index contributed by atoms with van der Waals surface area (Å²) in [6.45, 7) is 8.80. The lowest BCUT2D eigenvalue weighted by atomic mass is 10.2. The van der Waals surface area contributed by atoms with E-state index < -0.39 is 5.97 Å². The summed E-state index contributed by atoms with van der Waals surface area (Å²) in [5.41, 5.74) is 0.424. The van der Waals surface area contributed by atoms with Crippen molar-refractivity contribution < 1.29 is 24.0 Å². The SMILES string of the molecule is CCOC(=O)c1cc(CC)sc1NC(=O)C[NH+]1CCN(C(C)=O)CC1. The van der Waals surface area contributed by atoms with Crippen LogP contribution in [-0.2, 0) is 20.7 Å². The fourth-order valence-corrected chi connectivity index (χ4v) is 3.78. The number of rotatable bonds is 6. The molecule has 2 rings (SSSR count). The van der Waals surface area contributed by atoms with Crippen molar-refractivity contribution in [2.45, 2.75) is 27.2 Å². The van der Waals surface area contributed by atoms with Gasteiger partial charge in [0.1, 0.15) is 5.00 Å². The Morgan fingerprint density at radius 1 is 1.28 bits per heavy atom. The van der Waals surface area contributed by atoms with E-state index in [9.17, 15) is 14.4 Å². The number of nitrogens with one attached hydrogen (secondary N) is 2. The number of anilines is 1. The van der Waals surface area contributed by atoms with Gasteiger partial charge in [-0.1, -0.05) is 6.92 Å². The lowest BCUT2D eigenvalue weighted by Crippen LogP contribution is -3.15. The lowest BCUT2D eigenvalue weighted by molar-refractivity contribution is -0.895. The van der Waals surface area contributed by atoms with Crippen molar-refractivity contribution in [2.24, 2.45) is 0 Å². The molecule has 138 valence electrons. The summed E-state index contributed by atoms with van der Waals surface area (Å²) in [4.78, 5) is 39.7. The molecular formula is C17H26N3O4S+. The molecule has 0 atom stereocenters. The van der Waals surface area contributed by atoms with Crippen LogP contribution >= 0.6 is 11.3 Å². The number of hydrogen-bond acceptors (Lipinski definition) is 5. The highest BCUT2D eigenvalue weighted by molar-refractivity contribution is 7.16. The minimum absolute atomic E-state index is 0.0771.